The molecule has 130 valence electrons. The molecule has 0 N–H and O–H groups in total. The van der Waals surface area contributed by atoms with E-state index in [4.69, 9.17) is 0 Å². The van der Waals surface area contributed by atoms with Crippen LogP contribution in [0, 0.1) is 0 Å². The van der Waals surface area contributed by atoms with E-state index in [1.54, 1.807) is 18.4 Å². The number of unbranched alkanes of at least 4 members (excludes halogenated alkanes) is 6. The summed E-state index contributed by atoms with van der Waals surface area (Å²) in [4.78, 5) is 1.01. The van der Waals surface area contributed by atoms with Gasteiger partial charge in [0.05, 0.1) is 10.6 Å². The predicted octanol–water partition coefficient (Wildman–Crippen LogP) is 5.93. The summed E-state index contributed by atoms with van der Waals surface area (Å²) >= 11 is 1.56. The fraction of sp³-hybridized carbons (Fsp3) is 0.722. The van der Waals surface area contributed by atoms with Crippen LogP contribution in [-0.4, -0.2) is 29.7 Å². The maximum absolute atomic E-state index is 14.5. The van der Waals surface area contributed by atoms with Crippen LogP contribution in [0.5, 0.6) is 0 Å². The van der Waals surface area contributed by atoms with Gasteiger partial charge in [-0.15, -0.1) is 11.3 Å². The third-order valence-corrected chi connectivity index (χ3v) is 5.44. The van der Waals surface area contributed by atoms with E-state index in [9.17, 15) is 8.78 Å². The second kappa shape index (κ2) is 8.76. The van der Waals surface area contributed by atoms with Crippen molar-refractivity contribution in [3.05, 3.63) is 22.4 Å². The third kappa shape index (κ3) is 5.27. The van der Waals surface area contributed by atoms with Crippen LogP contribution in [0.4, 0.5) is 8.78 Å². The van der Waals surface area contributed by atoms with Gasteiger partial charge in [-0.1, -0.05) is 51.5 Å². The Balaban J connectivity index is 1.75. The number of alkyl halides is 2. The molecule has 1 atom stereocenters. The first-order valence-corrected chi connectivity index (χ1v) is 9.64. The van der Waals surface area contributed by atoms with Crippen LogP contribution in [0.1, 0.15) is 69.6 Å². The topological polar surface area (TPSA) is 15.6 Å². The monoisotopic (exact) mass is 342 g/mol. The van der Waals surface area contributed by atoms with Gasteiger partial charge in [-0.05, 0) is 17.9 Å². The fourth-order valence-electron chi connectivity index (χ4n) is 3.12. The Morgan fingerprint density at radius 3 is 2.57 bits per heavy atom. The zero-order chi connectivity index (χ0) is 16.7. The molecule has 2 rings (SSSR count). The highest BCUT2D eigenvalue weighted by molar-refractivity contribution is 7.12. The van der Waals surface area contributed by atoms with Crippen molar-refractivity contribution in [3.63, 3.8) is 0 Å². The van der Waals surface area contributed by atoms with Gasteiger partial charge in [-0.25, -0.2) is 8.78 Å². The molecule has 1 aliphatic heterocycles. The molecular weight excluding hydrogens is 314 g/mol. The molecule has 0 aliphatic carbocycles. The smallest absolute Gasteiger partial charge is 0.270 e. The minimum atomic E-state index is -2.67. The van der Waals surface area contributed by atoms with Crippen molar-refractivity contribution in [2.45, 2.75) is 76.7 Å². The molecule has 5 heteroatoms. The first-order valence-electron chi connectivity index (χ1n) is 8.76. The summed E-state index contributed by atoms with van der Waals surface area (Å²) in [6.45, 7) is 2.19. The molecule has 0 bridgehead atoms. The van der Waals surface area contributed by atoms with Gasteiger partial charge in [0, 0.05) is 19.9 Å². The lowest BCUT2D eigenvalue weighted by atomic mass is 9.97. The Bertz CT molecular complexity index is 485. The standard InChI is InChI=1S/C18H28F2N2S/c1-3-4-5-6-7-8-9-12-18(19,20)17-14-15(21-22(17)2)16-11-10-13-23-16/h10-11,13,17H,3-9,12,14H2,1-2H3. The SMILES string of the molecule is CCCCCCCCCC(F)(F)C1CC(c2cccs2)=NN1C. The van der Waals surface area contributed by atoms with Crippen molar-refractivity contribution in [3.8, 4) is 0 Å². The van der Waals surface area contributed by atoms with Crippen molar-refractivity contribution in [1.29, 1.82) is 0 Å². The van der Waals surface area contributed by atoms with Gasteiger partial charge >= 0.3 is 0 Å². The third-order valence-electron chi connectivity index (χ3n) is 4.52. The van der Waals surface area contributed by atoms with Gasteiger partial charge in [0.2, 0.25) is 0 Å². The average molecular weight is 342 g/mol. The zero-order valence-electron chi connectivity index (χ0n) is 14.2. The van der Waals surface area contributed by atoms with Crippen LogP contribution in [0.15, 0.2) is 22.6 Å². The summed E-state index contributed by atoms with van der Waals surface area (Å²) in [6.07, 6.45) is 7.80. The minimum Gasteiger partial charge on any atom is -0.290 e. The summed E-state index contributed by atoms with van der Waals surface area (Å²) in [5, 5.41) is 7.77. The molecule has 0 spiro atoms. The molecule has 0 fully saturated rings. The van der Waals surface area contributed by atoms with E-state index in [0.29, 0.717) is 12.8 Å². The molecule has 0 aromatic carbocycles. The van der Waals surface area contributed by atoms with Crippen LogP contribution in [0.25, 0.3) is 0 Å². The highest BCUT2D eigenvalue weighted by Crippen LogP contribution is 2.35. The number of thiophene rings is 1. The minimum absolute atomic E-state index is 0.0248. The summed E-state index contributed by atoms with van der Waals surface area (Å²) in [7, 11) is 1.67. The molecule has 1 aromatic heterocycles. The number of nitrogens with zero attached hydrogens (tertiary/aromatic N) is 2. The van der Waals surface area contributed by atoms with Gasteiger partial charge in [0.1, 0.15) is 6.04 Å². The van der Waals surface area contributed by atoms with Gasteiger partial charge in [0.25, 0.3) is 5.92 Å². The van der Waals surface area contributed by atoms with E-state index in [2.05, 4.69) is 12.0 Å². The van der Waals surface area contributed by atoms with Crippen LogP contribution >= 0.6 is 11.3 Å². The lowest BCUT2D eigenvalue weighted by Gasteiger charge is -2.28. The lowest BCUT2D eigenvalue weighted by molar-refractivity contribution is -0.0748. The molecule has 0 saturated heterocycles. The Hall–Kier alpha value is -0.970. The van der Waals surface area contributed by atoms with Crippen LogP contribution in [-0.2, 0) is 0 Å². The molecule has 1 unspecified atom stereocenters. The molecule has 0 saturated carbocycles. The second-order valence-corrected chi connectivity index (χ2v) is 7.40. The van der Waals surface area contributed by atoms with Crippen LogP contribution in [0.2, 0.25) is 0 Å². The Morgan fingerprint density at radius 2 is 1.91 bits per heavy atom. The first kappa shape index (κ1) is 18.4. The number of rotatable bonds is 10. The molecule has 23 heavy (non-hydrogen) atoms. The molecule has 2 nitrogen and oxygen atoms in total. The quantitative estimate of drug-likeness (QED) is 0.481. The van der Waals surface area contributed by atoms with Crippen molar-refractivity contribution < 1.29 is 8.78 Å². The maximum atomic E-state index is 14.5. The lowest BCUT2D eigenvalue weighted by Crippen LogP contribution is -2.41. The molecule has 0 amide bonds. The number of hydrogen-bond donors (Lipinski definition) is 0. The van der Waals surface area contributed by atoms with Crippen molar-refractivity contribution in [2.75, 3.05) is 7.05 Å². The highest BCUT2D eigenvalue weighted by Gasteiger charge is 2.45. The van der Waals surface area contributed by atoms with Crippen LogP contribution in [0.3, 0.4) is 0 Å². The number of hydrogen-bond acceptors (Lipinski definition) is 3. The summed E-state index contributed by atoms with van der Waals surface area (Å²) in [5.74, 6) is -2.67. The highest BCUT2D eigenvalue weighted by atomic mass is 32.1. The van der Waals surface area contributed by atoms with Crippen LogP contribution < -0.4 is 0 Å². The van der Waals surface area contributed by atoms with E-state index < -0.39 is 12.0 Å². The molecule has 2 heterocycles. The maximum Gasteiger partial charge on any atom is 0.270 e. The van der Waals surface area contributed by atoms with Gasteiger partial charge < -0.3 is 0 Å². The number of hydrazone groups is 1. The summed E-state index contributed by atoms with van der Waals surface area (Å²) in [5.41, 5.74) is 0.798. The van der Waals surface area contributed by atoms with Gasteiger partial charge in [0.15, 0.2) is 0 Å². The van der Waals surface area contributed by atoms with E-state index in [-0.39, 0.29) is 6.42 Å². The van der Waals surface area contributed by atoms with Crippen molar-refractivity contribution in [1.82, 2.24) is 5.01 Å². The fourth-order valence-corrected chi connectivity index (χ4v) is 3.84. The Labute approximate surface area is 142 Å². The van der Waals surface area contributed by atoms with Gasteiger partial charge in [-0.2, -0.15) is 5.10 Å². The molecule has 1 aliphatic rings. The summed E-state index contributed by atoms with van der Waals surface area (Å²) < 4.78 is 29.0. The Morgan fingerprint density at radius 1 is 1.22 bits per heavy atom. The predicted molar refractivity (Wildman–Crippen MR) is 94.6 cm³/mol. The largest absolute Gasteiger partial charge is 0.290 e. The van der Waals surface area contributed by atoms with E-state index in [0.717, 1.165) is 23.4 Å². The first-order chi connectivity index (χ1) is 11.0. The molecular formula is C18H28F2N2S. The normalized spacial score (nSPS) is 18.5. The summed E-state index contributed by atoms with van der Waals surface area (Å²) in [6, 6.07) is 3.10. The van der Waals surface area contributed by atoms with Gasteiger partial charge in [-0.3, -0.25) is 5.01 Å². The average Bonchev–Trinajstić information content (AvgIpc) is 3.15. The Kier molecular flexibility index (Phi) is 7.00. The second-order valence-electron chi connectivity index (χ2n) is 6.45. The number of halogens is 2. The molecule has 0 radical (unpaired) electrons. The van der Waals surface area contributed by atoms with E-state index in [1.165, 1.54) is 30.7 Å². The molecule has 1 aromatic rings. The van der Waals surface area contributed by atoms with E-state index >= 15 is 0 Å². The van der Waals surface area contributed by atoms with Crippen molar-refractivity contribution >= 4 is 17.0 Å². The van der Waals surface area contributed by atoms with E-state index in [1.807, 2.05) is 17.5 Å². The van der Waals surface area contributed by atoms with Crippen molar-refractivity contribution in [2.24, 2.45) is 5.10 Å². The zero-order valence-corrected chi connectivity index (χ0v) is 15.0.